The number of pyridine rings is 1. The molecule has 0 bridgehead atoms. The van der Waals surface area contributed by atoms with Gasteiger partial charge in [-0.1, -0.05) is 16.8 Å². The normalized spacial score (nSPS) is 11.6. The molecule has 0 aliphatic rings. The molecule has 10 heteroatoms. The molecule has 2 aromatic rings. The van der Waals surface area contributed by atoms with Crippen molar-refractivity contribution in [3.05, 3.63) is 28.9 Å². The molecule has 0 radical (unpaired) electrons. The highest BCUT2D eigenvalue weighted by atomic mass is 35.5. The van der Waals surface area contributed by atoms with Crippen LogP contribution in [0.5, 0.6) is 0 Å². The Kier molecular flexibility index (Phi) is 3.14. The van der Waals surface area contributed by atoms with E-state index >= 15 is 0 Å². The van der Waals surface area contributed by atoms with Crippen molar-refractivity contribution in [2.24, 2.45) is 0 Å². The number of aromatic carboxylic acids is 1. The highest BCUT2D eigenvalue weighted by Gasteiger charge is 2.38. The standard InChI is InChI=1S/C9H3ClF3N3O3/c10-4-1-3(2-14-5(4)7(17)18)6-15-8(19-16-6)9(11,12)13/h1-2H,(H,17,18). The minimum absolute atomic E-state index is 0.00856. The number of halogens is 4. The van der Waals surface area contributed by atoms with Crippen molar-refractivity contribution in [3.63, 3.8) is 0 Å². The Hall–Kier alpha value is -2.16. The van der Waals surface area contributed by atoms with Crippen LogP contribution in [0.3, 0.4) is 0 Å². The molecule has 1 N–H and O–H groups in total. The Labute approximate surface area is 107 Å². The van der Waals surface area contributed by atoms with Gasteiger partial charge in [0.15, 0.2) is 5.69 Å². The fourth-order valence-electron chi connectivity index (χ4n) is 1.17. The van der Waals surface area contributed by atoms with Gasteiger partial charge < -0.3 is 9.63 Å². The summed E-state index contributed by atoms with van der Waals surface area (Å²) < 4.78 is 40.8. The monoisotopic (exact) mass is 293 g/mol. The Morgan fingerprint density at radius 1 is 1.42 bits per heavy atom. The number of hydrogen-bond acceptors (Lipinski definition) is 5. The second kappa shape index (κ2) is 4.50. The summed E-state index contributed by atoms with van der Waals surface area (Å²) in [5.74, 6) is -3.26. The minimum Gasteiger partial charge on any atom is -0.476 e. The van der Waals surface area contributed by atoms with E-state index in [9.17, 15) is 18.0 Å². The SMILES string of the molecule is O=C(O)c1ncc(-c2noc(C(F)(F)F)n2)cc1Cl. The van der Waals surface area contributed by atoms with Gasteiger partial charge >= 0.3 is 18.0 Å². The molecule has 0 atom stereocenters. The van der Waals surface area contributed by atoms with Crippen LogP contribution in [0.2, 0.25) is 5.02 Å². The van der Waals surface area contributed by atoms with Crippen molar-refractivity contribution in [2.45, 2.75) is 6.18 Å². The van der Waals surface area contributed by atoms with Crippen LogP contribution in [-0.2, 0) is 6.18 Å². The lowest BCUT2D eigenvalue weighted by Gasteiger charge is -1.99. The fraction of sp³-hybridized carbons (Fsp3) is 0.111. The zero-order valence-electron chi connectivity index (χ0n) is 8.77. The van der Waals surface area contributed by atoms with Crippen molar-refractivity contribution in [3.8, 4) is 11.4 Å². The van der Waals surface area contributed by atoms with Gasteiger partial charge in [-0.2, -0.15) is 18.2 Å². The predicted octanol–water partition coefficient (Wildman–Crippen LogP) is 2.50. The number of aromatic nitrogens is 3. The summed E-state index contributed by atoms with van der Waals surface area (Å²) in [6.07, 6.45) is -3.77. The molecule has 0 aliphatic heterocycles. The lowest BCUT2D eigenvalue weighted by atomic mass is 10.2. The third-order valence-electron chi connectivity index (χ3n) is 1.97. The van der Waals surface area contributed by atoms with Crippen LogP contribution in [0.4, 0.5) is 13.2 Å². The summed E-state index contributed by atoms with van der Waals surface area (Å²) in [6.45, 7) is 0. The first kappa shape index (κ1) is 13.3. The first-order valence-electron chi connectivity index (χ1n) is 4.59. The van der Waals surface area contributed by atoms with E-state index in [0.717, 1.165) is 12.3 Å². The Morgan fingerprint density at radius 2 is 2.11 bits per heavy atom. The summed E-state index contributed by atoms with van der Waals surface area (Å²) in [7, 11) is 0. The summed E-state index contributed by atoms with van der Waals surface area (Å²) in [5, 5.41) is 11.6. The zero-order valence-corrected chi connectivity index (χ0v) is 9.53. The van der Waals surface area contributed by atoms with E-state index in [1.54, 1.807) is 0 Å². The quantitative estimate of drug-likeness (QED) is 0.915. The number of rotatable bonds is 2. The number of nitrogens with zero attached hydrogens (tertiary/aromatic N) is 3. The van der Waals surface area contributed by atoms with Crippen LogP contribution in [0.15, 0.2) is 16.8 Å². The van der Waals surface area contributed by atoms with Gasteiger partial charge in [-0.3, -0.25) is 0 Å². The lowest BCUT2D eigenvalue weighted by molar-refractivity contribution is -0.159. The van der Waals surface area contributed by atoms with E-state index in [1.165, 1.54) is 0 Å². The maximum Gasteiger partial charge on any atom is 0.471 e. The summed E-state index contributed by atoms with van der Waals surface area (Å²) in [6, 6.07) is 1.09. The van der Waals surface area contributed by atoms with Crippen molar-refractivity contribution in [1.82, 2.24) is 15.1 Å². The molecule has 0 spiro atoms. The van der Waals surface area contributed by atoms with Crippen molar-refractivity contribution >= 4 is 17.6 Å². The van der Waals surface area contributed by atoms with Gasteiger partial charge in [-0.15, -0.1) is 0 Å². The van der Waals surface area contributed by atoms with Crippen LogP contribution in [0.25, 0.3) is 11.4 Å². The molecule has 100 valence electrons. The third-order valence-corrected chi connectivity index (χ3v) is 2.26. The fourth-order valence-corrected chi connectivity index (χ4v) is 1.42. The van der Waals surface area contributed by atoms with Crippen LogP contribution in [0.1, 0.15) is 16.4 Å². The van der Waals surface area contributed by atoms with Gasteiger partial charge in [0.1, 0.15) is 0 Å². The first-order valence-corrected chi connectivity index (χ1v) is 4.97. The van der Waals surface area contributed by atoms with E-state index in [2.05, 4.69) is 19.6 Å². The van der Waals surface area contributed by atoms with Gasteiger partial charge in [0, 0.05) is 11.8 Å². The Bertz CT molecular complexity index is 641. The zero-order chi connectivity index (χ0) is 14.2. The smallest absolute Gasteiger partial charge is 0.471 e. The molecule has 0 fully saturated rings. The topological polar surface area (TPSA) is 89.1 Å². The van der Waals surface area contributed by atoms with E-state index < -0.39 is 29.6 Å². The molecule has 0 amide bonds. The molecule has 0 saturated heterocycles. The van der Waals surface area contributed by atoms with E-state index in [1.807, 2.05) is 0 Å². The highest BCUT2D eigenvalue weighted by Crippen LogP contribution is 2.30. The summed E-state index contributed by atoms with van der Waals surface area (Å²) >= 11 is 5.62. The molecule has 6 nitrogen and oxygen atoms in total. The average Bonchev–Trinajstić information content (AvgIpc) is 2.76. The summed E-state index contributed by atoms with van der Waals surface area (Å²) in [4.78, 5) is 17.3. The number of alkyl halides is 3. The Morgan fingerprint density at radius 3 is 2.58 bits per heavy atom. The first-order chi connectivity index (χ1) is 8.79. The van der Waals surface area contributed by atoms with Crippen LogP contribution >= 0.6 is 11.6 Å². The lowest BCUT2D eigenvalue weighted by Crippen LogP contribution is -2.05. The minimum atomic E-state index is -4.76. The molecule has 0 aromatic carbocycles. The molecule has 2 rings (SSSR count). The second-order valence-electron chi connectivity index (χ2n) is 3.28. The maximum atomic E-state index is 12.3. The van der Waals surface area contributed by atoms with Gasteiger partial charge in [-0.05, 0) is 6.07 Å². The third kappa shape index (κ3) is 2.65. The van der Waals surface area contributed by atoms with E-state index in [-0.39, 0.29) is 10.6 Å². The van der Waals surface area contributed by atoms with Crippen LogP contribution in [0, 0.1) is 0 Å². The average molecular weight is 294 g/mol. The predicted molar refractivity (Wildman–Crippen MR) is 54.5 cm³/mol. The van der Waals surface area contributed by atoms with Crippen molar-refractivity contribution in [1.29, 1.82) is 0 Å². The number of hydrogen-bond donors (Lipinski definition) is 1. The Balaban J connectivity index is 2.40. The van der Waals surface area contributed by atoms with Crippen molar-refractivity contribution in [2.75, 3.05) is 0 Å². The number of carbonyl (C=O) groups is 1. The van der Waals surface area contributed by atoms with Crippen LogP contribution in [-0.4, -0.2) is 26.2 Å². The molecular weight excluding hydrogens is 291 g/mol. The molecule has 2 aromatic heterocycles. The second-order valence-corrected chi connectivity index (χ2v) is 3.69. The molecule has 2 heterocycles. The van der Waals surface area contributed by atoms with Gasteiger partial charge in [0.25, 0.3) is 0 Å². The highest BCUT2D eigenvalue weighted by molar-refractivity contribution is 6.33. The van der Waals surface area contributed by atoms with Crippen molar-refractivity contribution < 1.29 is 27.6 Å². The number of carboxylic acids is 1. The molecule has 0 aliphatic carbocycles. The van der Waals surface area contributed by atoms with E-state index in [0.29, 0.717) is 0 Å². The molecule has 19 heavy (non-hydrogen) atoms. The maximum absolute atomic E-state index is 12.3. The van der Waals surface area contributed by atoms with Gasteiger partial charge in [-0.25, -0.2) is 9.78 Å². The largest absolute Gasteiger partial charge is 0.476 e. The van der Waals surface area contributed by atoms with E-state index in [4.69, 9.17) is 16.7 Å². The van der Waals surface area contributed by atoms with Crippen LogP contribution < -0.4 is 0 Å². The molecular formula is C9H3ClF3N3O3. The van der Waals surface area contributed by atoms with Gasteiger partial charge in [0.05, 0.1) is 5.02 Å². The molecule has 0 unspecified atom stereocenters. The number of carboxylic acid groups (broad SMARTS) is 1. The van der Waals surface area contributed by atoms with Gasteiger partial charge in [0.2, 0.25) is 5.82 Å². The summed E-state index contributed by atoms with van der Waals surface area (Å²) in [5.41, 5.74) is -0.417. The molecule has 0 saturated carbocycles.